The number of benzene rings is 1. The van der Waals surface area contributed by atoms with E-state index in [1.165, 1.54) is 23.1 Å². The predicted octanol–water partition coefficient (Wildman–Crippen LogP) is 2.83. The number of carbonyl (C=O) groups excluding carboxylic acids is 1. The second kappa shape index (κ2) is 8.00. The quantitative estimate of drug-likeness (QED) is 0.779. The number of aliphatic carboxylic acids is 1. The number of carboxylic acid groups (broad SMARTS) is 1. The Balaban J connectivity index is 2.13. The largest absolute Gasteiger partial charge is 0.491 e. The summed E-state index contributed by atoms with van der Waals surface area (Å²) in [6.07, 6.45) is 1.53. The van der Waals surface area contributed by atoms with Crippen molar-refractivity contribution in [1.29, 1.82) is 0 Å². The first-order chi connectivity index (χ1) is 11.8. The molecule has 25 heavy (non-hydrogen) atoms. The number of ether oxygens (including phenoxy) is 2. The highest BCUT2D eigenvalue weighted by Crippen LogP contribution is 2.29. The van der Waals surface area contributed by atoms with E-state index in [-0.39, 0.29) is 29.7 Å². The van der Waals surface area contributed by atoms with Gasteiger partial charge in [-0.2, -0.15) is 4.39 Å². The minimum absolute atomic E-state index is 0.0131. The number of hydrogen-bond donors (Lipinski definition) is 1. The van der Waals surface area contributed by atoms with Crippen molar-refractivity contribution in [2.45, 2.75) is 33.2 Å². The van der Waals surface area contributed by atoms with Crippen LogP contribution in [-0.4, -0.2) is 41.1 Å². The molecule has 0 fully saturated rings. The number of hydrogen-bond acceptors (Lipinski definition) is 4. The standard InChI is InChI=1S/C18H22FNO5/c1-4-24-14-6-5-7-15(17(14)19)25-12-9-16(21)20(10-12)13(18(22)23)8-11(2)3/h5-7,9,11,13H,4,8,10H2,1-3H3,(H,22,23). The Morgan fingerprint density at radius 3 is 2.64 bits per heavy atom. The van der Waals surface area contributed by atoms with Crippen LogP contribution in [0.3, 0.4) is 0 Å². The van der Waals surface area contributed by atoms with Gasteiger partial charge in [-0.3, -0.25) is 4.79 Å². The zero-order valence-corrected chi connectivity index (χ0v) is 14.5. The number of carbonyl (C=O) groups is 2. The van der Waals surface area contributed by atoms with Gasteiger partial charge in [0.25, 0.3) is 5.91 Å². The van der Waals surface area contributed by atoms with Crippen LogP contribution in [0.25, 0.3) is 0 Å². The predicted molar refractivity (Wildman–Crippen MR) is 88.9 cm³/mol. The van der Waals surface area contributed by atoms with Crippen LogP contribution in [-0.2, 0) is 9.59 Å². The number of carboxylic acids is 1. The summed E-state index contributed by atoms with van der Waals surface area (Å²) in [7, 11) is 0. The first-order valence-electron chi connectivity index (χ1n) is 8.16. The Kier molecular flexibility index (Phi) is 6.01. The molecule has 1 atom stereocenters. The Hall–Kier alpha value is -2.57. The highest BCUT2D eigenvalue weighted by molar-refractivity contribution is 5.94. The average molecular weight is 351 g/mol. The lowest BCUT2D eigenvalue weighted by molar-refractivity contribution is -0.148. The van der Waals surface area contributed by atoms with Gasteiger partial charge in [-0.25, -0.2) is 4.79 Å². The lowest BCUT2D eigenvalue weighted by Gasteiger charge is -2.25. The maximum atomic E-state index is 14.3. The van der Waals surface area contributed by atoms with Gasteiger partial charge in [-0.15, -0.1) is 0 Å². The molecule has 0 spiro atoms. The molecule has 1 aromatic carbocycles. The molecule has 0 bridgehead atoms. The molecule has 0 aromatic heterocycles. The van der Waals surface area contributed by atoms with Gasteiger partial charge in [0.05, 0.1) is 13.2 Å². The van der Waals surface area contributed by atoms with Crippen molar-refractivity contribution in [1.82, 2.24) is 4.90 Å². The van der Waals surface area contributed by atoms with E-state index in [0.29, 0.717) is 13.0 Å². The van der Waals surface area contributed by atoms with E-state index in [1.807, 2.05) is 13.8 Å². The van der Waals surface area contributed by atoms with Crippen LogP contribution in [0.5, 0.6) is 11.5 Å². The van der Waals surface area contributed by atoms with E-state index in [0.717, 1.165) is 0 Å². The molecule has 0 saturated carbocycles. The Labute approximate surface area is 145 Å². The van der Waals surface area contributed by atoms with E-state index in [4.69, 9.17) is 9.47 Å². The lowest BCUT2D eigenvalue weighted by Crippen LogP contribution is -2.43. The number of halogens is 1. The zero-order valence-electron chi connectivity index (χ0n) is 14.5. The molecule has 1 aliphatic heterocycles. The maximum absolute atomic E-state index is 14.3. The number of amides is 1. The van der Waals surface area contributed by atoms with Crippen molar-refractivity contribution in [2.24, 2.45) is 5.92 Å². The van der Waals surface area contributed by atoms with Crippen molar-refractivity contribution in [3.05, 3.63) is 35.9 Å². The second-order valence-corrected chi connectivity index (χ2v) is 6.16. The number of rotatable bonds is 8. The summed E-state index contributed by atoms with van der Waals surface area (Å²) >= 11 is 0. The van der Waals surface area contributed by atoms with E-state index >= 15 is 0 Å². The van der Waals surface area contributed by atoms with Gasteiger partial charge in [0.1, 0.15) is 11.8 Å². The SMILES string of the molecule is CCOc1cccc(OC2=CC(=O)N(C(CC(C)C)C(=O)O)C2)c1F. The zero-order chi connectivity index (χ0) is 18.6. The summed E-state index contributed by atoms with van der Waals surface area (Å²) in [6, 6.07) is 3.55. The van der Waals surface area contributed by atoms with E-state index in [2.05, 4.69) is 0 Å². The molecule has 0 saturated heterocycles. The van der Waals surface area contributed by atoms with Crippen LogP contribution in [0, 0.1) is 11.7 Å². The van der Waals surface area contributed by atoms with Crippen LogP contribution in [0.15, 0.2) is 30.0 Å². The highest BCUT2D eigenvalue weighted by atomic mass is 19.1. The normalized spacial score (nSPS) is 15.3. The van der Waals surface area contributed by atoms with Crippen molar-refractivity contribution in [3.8, 4) is 11.5 Å². The molecule has 1 aliphatic rings. The van der Waals surface area contributed by atoms with Gasteiger partial charge >= 0.3 is 5.97 Å². The molecule has 0 aliphatic carbocycles. The van der Waals surface area contributed by atoms with E-state index in [9.17, 15) is 19.1 Å². The highest BCUT2D eigenvalue weighted by Gasteiger charge is 2.34. The van der Waals surface area contributed by atoms with Gasteiger partial charge in [0.2, 0.25) is 5.82 Å². The molecule has 6 nitrogen and oxygen atoms in total. The first-order valence-corrected chi connectivity index (χ1v) is 8.16. The summed E-state index contributed by atoms with van der Waals surface area (Å²) in [4.78, 5) is 24.8. The van der Waals surface area contributed by atoms with Crippen LogP contribution in [0.4, 0.5) is 4.39 Å². The molecule has 2 rings (SSSR count). The van der Waals surface area contributed by atoms with Crippen molar-refractivity contribution in [2.75, 3.05) is 13.2 Å². The molecular formula is C18H22FNO5. The minimum atomic E-state index is -1.07. The second-order valence-electron chi connectivity index (χ2n) is 6.16. The van der Waals surface area contributed by atoms with Crippen LogP contribution < -0.4 is 9.47 Å². The number of nitrogens with zero attached hydrogens (tertiary/aromatic N) is 1. The Bertz CT molecular complexity index is 686. The molecule has 1 unspecified atom stereocenters. The molecule has 1 heterocycles. The van der Waals surface area contributed by atoms with Crippen LogP contribution in [0.1, 0.15) is 27.2 Å². The smallest absolute Gasteiger partial charge is 0.326 e. The van der Waals surface area contributed by atoms with E-state index < -0.39 is 23.7 Å². The maximum Gasteiger partial charge on any atom is 0.326 e. The third kappa shape index (κ3) is 4.49. The van der Waals surface area contributed by atoms with Gasteiger partial charge < -0.3 is 19.5 Å². The van der Waals surface area contributed by atoms with Gasteiger partial charge in [-0.05, 0) is 31.4 Å². The summed E-state index contributed by atoms with van der Waals surface area (Å²) in [6.45, 7) is 5.81. The molecule has 7 heteroatoms. The van der Waals surface area contributed by atoms with E-state index in [1.54, 1.807) is 13.0 Å². The summed E-state index contributed by atoms with van der Waals surface area (Å²) in [5.74, 6) is -1.88. The Morgan fingerprint density at radius 1 is 1.36 bits per heavy atom. The molecule has 0 radical (unpaired) electrons. The van der Waals surface area contributed by atoms with Crippen LogP contribution >= 0.6 is 0 Å². The van der Waals surface area contributed by atoms with Gasteiger partial charge in [0.15, 0.2) is 11.5 Å². The summed E-state index contributed by atoms with van der Waals surface area (Å²) in [5, 5.41) is 9.38. The molecule has 1 amide bonds. The minimum Gasteiger partial charge on any atom is -0.491 e. The average Bonchev–Trinajstić information content (AvgIpc) is 2.89. The molecule has 1 N–H and O–H groups in total. The monoisotopic (exact) mass is 351 g/mol. The molecule has 136 valence electrons. The lowest BCUT2D eigenvalue weighted by atomic mass is 10.0. The fourth-order valence-corrected chi connectivity index (χ4v) is 2.62. The van der Waals surface area contributed by atoms with Gasteiger partial charge in [-0.1, -0.05) is 19.9 Å². The first kappa shape index (κ1) is 18.8. The van der Waals surface area contributed by atoms with Crippen molar-refractivity contribution < 1.29 is 28.6 Å². The summed E-state index contributed by atoms with van der Waals surface area (Å²) in [5.41, 5.74) is 0. The van der Waals surface area contributed by atoms with Gasteiger partial charge in [0, 0.05) is 6.08 Å². The van der Waals surface area contributed by atoms with Crippen molar-refractivity contribution >= 4 is 11.9 Å². The third-order valence-corrected chi connectivity index (χ3v) is 3.72. The summed E-state index contributed by atoms with van der Waals surface area (Å²) < 4.78 is 24.9. The Morgan fingerprint density at radius 2 is 2.04 bits per heavy atom. The third-order valence-electron chi connectivity index (χ3n) is 3.72. The fraction of sp³-hybridized carbons (Fsp3) is 0.444. The van der Waals surface area contributed by atoms with Crippen LogP contribution in [0.2, 0.25) is 0 Å². The molecule has 1 aromatic rings. The molecular weight excluding hydrogens is 329 g/mol. The van der Waals surface area contributed by atoms with Crippen molar-refractivity contribution in [3.63, 3.8) is 0 Å². The fourth-order valence-electron chi connectivity index (χ4n) is 2.62. The topological polar surface area (TPSA) is 76.1 Å².